The van der Waals surface area contributed by atoms with Crippen LogP contribution in [0.1, 0.15) is 0 Å². The van der Waals surface area contributed by atoms with Crippen LogP contribution < -0.4 is 0 Å². The van der Waals surface area contributed by atoms with Gasteiger partial charge in [0.1, 0.15) is 13.2 Å². The molecule has 0 aromatic carbocycles. The molecule has 12 heavy (non-hydrogen) atoms. The summed E-state index contributed by atoms with van der Waals surface area (Å²) < 4.78 is 5.40. The lowest BCUT2D eigenvalue weighted by Crippen LogP contribution is -2.62. The van der Waals surface area contributed by atoms with Gasteiger partial charge in [0.2, 0.25) is 0 Å². The maximum Gasteiger partial charge on any atom is 0.261 e. The summed E-state index contributed by atoms with van der Waals surface area (Å²) in [4.78, 5) is 0. The van der Waals surface area contributed by atoms with Crippen LogP contribution in [-0.2, 0) is 4.43 Å². The molecule has 0 N–H and O–H groups in total. The first-order valence-electron chi connectivity index (χ1n) is 3.59. The summed E-state index contributed by atoms with van der Waals surface area (Å²) in [6.45, 7) is 4.21. The normalized spacial score (nSPS) is 47.5. The van der Waals surface area contributed by atoms with Gasteiger partial charge in [-0.15, -0.1) is 34.3 Å². The maximum absolute atomic E-state index is 6.16. The molecule has 1 aliphatic rings. The van der Waals surface area contributed by atoms with Crippen molar-refractivity contribution < 1.29 is 4.43 Å². The van der Waals surface area contributed by atoms with Crippen molar-refractivity contribution in [3.8, 4) is 0 Å². The van der Waals surface area contributed by atoms with E-state index >= 15 is 0 Å². The van der Waals surface area contributed by atoms with Gasteiger partial charge >= 0.3 is 0 Å². The van der Waals surface area contributed by atoms with Crippen LogP contribution in [0.5, 0.6) is 0 Å². The fourth-order valence-corrected chi connectivity index (χ4v) is 11.8. The van der Waals surface area contributed by atoms with E-state index < -0.39 is 21.0 Å². The predicted octanol–water partition coefficient (Wildman–Crippen LogP) is 2.58. The fourth-order valence-electron chi connectivity index (χ4n) is 1.03. The Hall–Kier alpha value is 1.55. The molecule has 0 saturated carbocycles. The predicted molar refractivity (Wildman–Crippen MR) is 60.5 cm³/mol. The highest BCUT2D eigenvalue weighted by molar-refractivity contribution is 7.49. The van der Waals surface area contributed by atoms with E-state index in [1.165, 1.54) is 0 Å². The van der Waals surface area contributed by atoms with Crippen molar-refractivity contribution in [3.05, 3.63) is 0 Å². The Kier molecular flexibility index (Phi) is 3.84. The molecule has 4 atom stereocenters. The zero-order valence-electron chi connectivity index (χ0n) is 6.73. The highest BCUT2D eigenvalue weighted by Gasteiger charge is 2.51. The van der Waals surface area contributed by atoms with Gasteiger partial charge in [-0.2, -0.15) is 0 Å². The van der Waals surface area contributed by atoms with Crippen molar-refractivity contribution in [2.24, 2.45) is 0 Å². The van der Waals surface area contributed by atoms with Crippen molar-refractivity contribution in [1.29, 1.82) is 0 Å². The molecular weight excluding hydrogens is 274 g/mol. The third kappa shape index (κ3) is 1.97. The zero-order chi connectivity index (χ0) is 9.52. The second-order valence-corrected chi connectivity index (χ2v) is 18.7. The van der Waals surface area contributed by atoms with Crippen LogP contribution in [0.15, 0.2) is 0 Å². The molecule has 0 aliphatic carbocycles. The third-order valence-electron chi connectivity index (χ3n) is 2.08. The molecule has 0 aromatic rings. The highest BCUT2D eigenvalue weighted by Crippen LogP contribution is 2.35. The first-order chi connectivity index (χ1) is 5.37. The van der Waals surface area contributed by atoms with Crippen LogP contribution in [0.2, 0.25) is 13.1 Å². The number of hydrogen-bond donors (Lipinski definition) is 0. The molecular formula is C5H10Cl4OSi2. The van der Waals surface area contributed by atoms with Crippen molar-refractivity contribution in [3.63, 3.8) is 0 Å². The molecule has 72 valence electrons. The Morgan fingerprint density at radius 3 is 2.25 bits per heavy atom. The second-order valence-electron chi connectivity index (χ2n) is 3.47. The van der Waals surface area contributed by atoms with E-state index in [-0.39, 0.29) is 10.4 Å². The second kappa shape index (κ2) is 3.97. The maximum atomic E-state index is 6.16. The molecule has 0 bridgehead atoms. The van der Waals surface area contributed by atoms with Crippen LogP contribution in [0.25, 0.3) is 0 Å². The van der Waals surface area contributed by atoms with Gasteiger partial charge in [-0.05, 0) is 0 Å². The zero-order valence-corrected chi connectivity index (χ0v) is 11.9. The molecule has 7 heteroatoms. The Morgan fingerprint density at radius 2 is 1.75 bits per heavy atom. The Labute approximate surface area is 94.5 Å². The monoisotopic (exact) mass is 282 g/mol. The van der Waals surface area contributed by atoms with Crippen molar-refractivity contribution in [2.75, 3.05) is 0 Å². The number of hydrogen-bond acceptors (Lipinski definition) is 1. The Morgan fingerprint density at radius 1 is 1.25 bits per heavy atom. The number of rotatable bonds is 0. The van der Waals surface area contributed by atoms with Gasteiger partial charge in [-0.1, -0.05) is 24.7 Å². The molecule has 1 heterocycles. The van der Waals surface area contributed by atoms with Gasteiger partial charge in [0.05, 0.1) is 5.38 Å². The summed E-state index contributed by atoms with van der Waals surface area (Å²) in [5.41, 5.74) is -0.510. The topological polar surface area (TPSA) is 9.23 Å². The molecule has 1 rings (SSSR count). The van der Waals surface area contributed by atoms with Crippen LogP contribution in [0.3, 0.4) is 0 Å². The van der Waals surface area contributed by atoms with E-state index in [0.29, 0.717) is 0 Å². The van der Waals surface area contributed by atoms with E-state index in [1.54, 1.807) is 0 Å². The minimum Gasteiger partial charge on any atom is -0.390 e. The molecule has 0 spiro atoms. The van der Waals surface area contributed by atoms with Crippen LogP contribution in [0, 0.1) is 0 Å². The summed E-state index contributed by atoms with van der Waals surface area (Å²) in [7, 11) is -3.37. The van der Waals surface area contributed by atoms with E-state index in [4.69, 9.17) is 50.3 Å². The molecule has 1 fully saturated rings. The Balaban J connectivity index is 2.80. The average molecular weight is 284 g/mol. The van der Waals surface area contributed by atoms with E-state index in [9.17, 15) is 0 Å². The van der Waals surface area contributed by atoms with Gasteiger partial charge in [0.25, 0.3) is 7.87 Å². The summed E-state index contributed by atoms with van der Waals surface area (Å²) >= 11 is 24.1. The molecule has 1 saturated heterocycles. The van der Waals surface area contributed by atoms with Crippen molar-refractivity contribution in [1.82, 2.24) is 0 Å². The van der Waals surface area contributed by atoms with E-state index in [1.807, 2.05) is 0 Å². The van der Waals surface area contributed by atoms with E-state index in [2.05, 4.69) is 13.1 Å². The van der Waals surface area contributed by atoms with Gasteiger partial charge in [-0.3, -0.25) is 0 Å². The summed E-state index contributed by atoms with van der Waals surface area (Å²) in [6, 6.07) is 0. The number of halogens is 4. The van der Waals surface area contributed by atoms with Crippen molar-refractivity contribution >= 4 is 61.3 Å². The molecule has 0 amide bonds. The SMILES string of the molecule is C[Si]1(C)C(Cl)C(Cl)C(Cl)O[SiH]1Cl. The molecule has 4 unspecified atom stereocenters. The van der Waals surface area contributed by atoms with Crippen molar-refractivity contribution in [2.45, 2.75) is 29.0 Å². The van der Waals surface area contributed by atoms with Crippen LogP contribution >= 0.6 is 45.9 Å². The minimum absolute atomic E-state index is 0.0791. The van der Waals surface area contributed by atoms with E-state index in [0.717, 1.165) is 0 Å². The molecule has 0 radical (unpaired) electrons. The lowest BCUT2D eigenvalue weighted by Gasteiger charge is -2.41. The summed E-state index contributed by atoms with van der Waals surface area (Å²) in [5.74, 6) is 0. The Bertz CT molecular complexity index is 179. The minimum atomic E-state index is -1.70. The molecule has 0 aromatic heterocycles. The van der Waals surface area contributed by atoms with Gasteiger partial charge in [0.15, 0.2) is 0 Å². The first kappa shape index (κ1) is 11.6. The number of alkyl halides is 3. The third-order valence-corrected chi connectivity index (χ3v) is 20.0. The molecule has 1 nitrogen and oxygen atoms in total. The standard InChI is InChI=1S/C5H10Cl4OSi2/c1-12(2)5(8)3(6)4(7)10-11(12)9/h3-5,11H,1-2H3. The lowest BCUT2D eigenvalue weighted by molar-refractivity contribution is 0.286. The van der Waals surface area contributed by atoms with Crippen LogP contribution in [-0.4, -0.2) is 31.4 Å². The fraction of sp³-hybridized carbons (Fsp3) is 1.00. The largest absolute Gasteiger partial charge is 0.390 e. The lowest BCUT2D eigenvalue weighted by atomic mass is 10.5. The highest BCUT2D eigenvalue weighted by atomic mass is 35.6. The van der Waals surface area contributed by atoms with Crippen LogP contribution in [0.4, 0.5) is 0 Å². The summed E-state index contributed by atoms with van der Waals surface area (Å²) in [6.07, 6.45) is 0. The smallest absolute Gasteiger partial charge is 0.261 e. The van der Waals surface area contributed by atoms with Gasteiger partial charge < -0.3 is 4.43 Å². The van der Waals surface area contributed by atoms with Gasteiger partial charge in [-0.25, -0.2) is 0 Å². The molecule has 1 aliphatic heterocycles. The first-order valence-corrected chi connectivity index (χ1v) is 12.0. The quantitative estimate of drug-likeness (QED) is 0.377. The van der Waals surface area contributed by atoms with Gasteiger partial charge in [0, 0.05) is 5.00 Å². The average Bonchev–Trinajstić information content (AvgIpc) is 1.99. The summed E-state index contributed by atoms with van der Waals surface area (Å²) in [5, 5.41) is -0.387.